The Morgan fingerprint density at radius 3 is 2.67 bits per heavy atom. The molecule has 1 aromatic heterocycles. The molecule has 0 radical (unpaired) electrons. The minimum absolute atomic E-state index is 0.0190. The number of hydrogen-bond donors (Lipinski definition) is 0. The molecule has 0 atom stereocenters. The summed E-state index contributed by atoms with van der Waals surface area (Å²) in [5.74, 6) is 0.683. The Morgan fingerprint density at radius 2 is 2.00 bits per heavy atom. The monoisotopic (exact) mass is 412 g/mol. The summed E-state index contributed by atoms with van der Waals surface area (Å²) >= 11 is 6.30. The van der Waals surface area contributed by atoms with Crippen molar-refractivity contribution >= 4 is 33.2 Å². The zero-order valence-corrected chi connectivity index (χ0v) is 16.1. The lowest BCUT2D eigenvalue weighted by Crippen LogP contribution is -2.38. The largest absolute Gasteiger partial charge is 0.482 e. The number of sulfonamides is 1. The first kappa shape index (κ1) is 18.2. The maximum absolute atomic E-state index is 12.9. The second-order valence-electron chi connectivity index (χ2n) is 6.36. The molecule has 0 aliphatic carbocycles. The molecule has 1 fully saturated rings. The zero-order valence-electron chi connectivity index (χ0n) is 14.5. The maximum Gasteiger partial charge on any atom is 0.265 e. The van der Waals surface area contributed by atoms with Gasteiger partial charge in [-0.3, -0.25) is 9.69 Å². The molecule has 4 rings (SSSR count). The van der Waals surface area contributed by atoms with Crippen molar-refractivity contribution in [3.63, 3.8) is 0 Å². The quantitative estimate of drug-likeness (QED) is 0.752. The van der Waals surface area contributed by atoms with E-state index in [1.807, 2.05) is 0 Å². The van der Waals surface area contributed by atoms with Crippen LogP contribution in [0.5, 0.6) is 5.75 Å². The Kier molecular flexibility index (Phi) is 4.57. The first-order valence-electron chi connectivity index (χ1n) is 8.42. The second-order valence-corrected chi connectivity index (χ2v) is 8.67. The van der Waals surface area contributed by atoms with Gasteiger partial charge in [0.1, 0.15) is 10.6 Å². The van der Waals surface area contributed by atoms with Crippen LogP contribution in [0, 0.1) is 6.92 Å². The highest BCUT2D eigenvalue weighted by molar-refractivity contribution is 7.89. The fourth-order valence-electron chi connectivity index (χ4n) is 3.19. The molecule has 0 N–H and O–H groups in total. The number of rotatable bonds is 4. The van der Waals surface area contributed by atoms with Crippen LogP contribution in [0.15, 0.2) is 21.6 Å². The minimum Gasteiger partial charge on any atom is -0.482 e. The van der Waals surface area contributed by atoms with Crippen molar-refractivity contribution in [1.29, 1.82) is 0 Å². The van der Waals surface area contributed by atoms with Gasteiger partial charge in [-0.15, -0.1) is 0 Å². The average Bonchev–Trinajstić information content (AvgIpc) is 3.29. The van der Waals surface area contributed by atoms with Gasteiger partial charge in [-0.1, -0.05) is 16.8 Å². The lowest BCUT2D eigenvalue weighted by atomic mass is 10.2. The van der Waals surface area contributed by atoms with Crippen LogP contribution >= 0.6 is 11.6 Å². The van der Waals surface area contributed by atoms with Crippen LogP contribution in [0.1, 0.15) is 24.6 Å². The summed E-state index contributed by atoms with van der Waals surface area (Å²) in [7, 11) is -3.71. The molecule has 2 aromatic rings. The van der Waals surface area contributed by atoms with Crippen LogP contribution in [0.3, 0.4) is 0 Å². The molecule has 1 aromatic carbocycles. The standard InChI is InChI=1S/C16H17ClN4O5S/c1-10-18-15(19-26-10)8-21-12-6-11(17)14(7-13(12)25-9-16(21)22)27(23,24)20-4-2-3-5-20/h6-7H,2-5,8-9H2,1H3. The number of hydrogen-bond acceptors (Lipinski definition) is 7. The number of ether oxygens (including phenoxy) is 1. The van der Waals surface area contributed by atoms with E-state index in [9.17, 15) is 13.2 Å². The smallest absolute Gasteiger partial charge is 0.265 e. The van der Waals surface area contributed by atoms with Gasteiger partial charge in [0.2, 0.25) is 15.9 Å². The van der Waals surface area contributed by atoms with E-state index in [-0.39, 0.29) is 34.7 Å². The molecule has 2 aliphatic heterocycles. The first-order valence-corrected chi connectivity index (χ1v) is 10.2. The number of fused-ring (bicyclic) bond motifs is 1. The molecule has 1 saturated heterocycles. The van der Waals surface area contributed by atoms with E-state index in [4.69, 9.17) is 20.9 Å². The Morgan fingerprint density at radius 1 is 1.26 bits per heavy atom. The Hall–Kier alpha value is -2.17. The number of halogens is 1. The van der Waals surface area contributed by atoms with Crippen molar-refractivity contribution in [2.75, 3.05) is 24.6 Å². The van der Waals surface area contributed by atoms with E-state index in [0.29, 0.717) is 30.5 Å². The third kappa shape index (κ3) is 3.28. The first-order chi connectivity index (χ1) is 12.9. The predicted molar refractivity (Wildman–Crippen MR) is 95.2 cm³/mol. The van der Waals surface area contributed by atoms with E-state index >= 15 is 0 Å². The van der Waals surface area contributed by atoms with Crippen molar-refractivity contribution in [2.45, 2.75) is 31.2 Å². The minimum atomic E-state index is -3.71. The molecule has 2 aliphatic rings. The lowest BCUT2D eigenvalue weighted by Gasteiger charge is -2.29. The van der Waals surface area contributed by atoms with Crippen LogP contribution < -0.4 is 9.64 Å². The van der Waals surface area contributed by atoms with E-state index in [1.165, 1.54) is 21.3 Å². The third-order valence-corrected chi connectivity index (χ3v) is 6.87. The number of benzene rings is 1. The van der Waals surface area contributed by atoms with Crippen LogP contribution in [-0.4, -0.2) is 48.5 Å². The molecule has 144 valence electrons. The summed E-state index contributed by atoms with van der Waals surface area (Å²) in [5.41, 5.74) is 0.374. The summed E-state index contributed by atoms with van der Waals surface area (Å²) in [6.45, 7) is 2.45. The number of carbonyl (C=O) groups is 1. The SMILES string of the molecule is Cc1nc(CN2C(=O)COc3cc(S(=O)(=O)N4CCCC4)c(Cl)cc32)no1. The van der Waals surface area contributed by atoms with Gasteiger partial charge in [0.25, 0.3) is 5.91 Å². The topological polar surface area (TPSA) is 106 Å². The van der Waals surface area contributed by atoms with Gasteiger partial charge >= 0.3 is 0 Å². The molecule has 11 heteroatoms. The van der Waals surface area contributed by atoms with Crippen molar-refractivity contribution in [1.82, 2.24) is 14.4 Å². The summed E-state index contributed by atoms with van der Waals surface area (Å²) in [4.78, 5) is 17.8. The maximum atomic E-state index is 12.9. The van der Waals surface area contributed by atoms with E-state index in [1.54, 1.807) is 6.92 Å². The van der Waals surface area contributed by atoms with E-state index in [2.05, 4.69) is 10.1 Å². The van der Waals surface area contributed by atoms with E-state index < -0.39 is 10.0 Å². The van der Waals surface area contributed by atoms with Crippen molar-refractivity contribution < 1.29 is 22.5 Å². The molecule has 0 unspecified atom stereocenters. The third-order valence-electron chi connectivity index (χ3n) is 4.51. The number of carbonyl (C=O) groups excluding carboxylic acids is 1. The summed E-state index contributed by atoms with van der Waals surface area (Å²) in [5, 5.41) is 3.83. The van der Waals surface area contributed by atoms with Gasteiger partial charge in [0, 0.05) is 26.1 Å². The molecular weight excluding hydrogens is 396 g/mol. The molecule has 27 heavy (non-hydrogen) atoms. The van der Waals surface area contributed by atoms with Crippen molar-refractivity contribution in [3.8, 4) is 5.75 Å². The summed E-state index contributed by atoms with van der Waals surface area (Å²) in [6, 6.07) is 2.82. The molecule has 0 spiro atoms. The number of amides is 1. The van der Waals surface area contributed by atoms with E-state index in [0.717, 1.165) is 12.8 Å². The van der Waals surface area contributed by atoms with Gasteiger partial charge < -0.3 is 9.26 Å². The zero-order chi connectivity index (χ0) is 19.2. The van der Waals surface area contributed by atoms with Crippen LogP contribution in [0.4, 0.5) is 5.69 Å². The lowest BCUT2D eigenvalue weighted by molar-refractivity contribution is -0.121. The number of aryl methyl sites for hydroxylation is 1. The molecule has 1 amide bonds. The summed E-state index contributed by atoms with van der Waals surface area (Å²) < 4.78 is 37.5. The molecule has 0 bridgehead atoms. The second kappa shape index (κ2) is 6.77. The number of nitrogens with zero attached hydrogens (tertiary/aromatic N) is 4. The van der Waals surface area contributed by atoms with Gasteiger partial charge in [-0.05, 0) is 18.9 Å². The Labute approximate surface area is 160 Å². The fourth-order valence-corrected chi connectivity index (χ4v) is 5.22. The van der Waals surface area contributed by atoms with Crippen molar-refractivity contribution in [3.05, 3.63) is 28.9 Å². The van der Waals surface area contributed by atoms with Gasteiger partial charge in [0.05, 0.1) is 17.3 Å². The van der Waals surface area contributed by atoms with Gasteiger partial charge in [0.15, 0.2) is 12.4 Å². The molecule has 3 heterocycles. The fraction of sp³-hybridized carbons (Fsp3) is 0.438. The van der Waals surface area contributed by atoms with Gasteiger partial charge in [-0.25, -0.2) is 8.42 Å². The highest BCUT2D eigenvalue weighted by Crippen LogP contribution is 2.40. The Balaban J connectivity index is 1.72. The molecule has 9 nitrogen and oxygen atoms in total. The highest BCUT2D eigenvalue weighted by Gasteiger charge is 2.33. The van der Waals surface area contributed by atoms with Crippen LogP contribution in [-0.2, 0) is 21.4 Å². The highest BCUT2D eigenvalue weighted by atomic mass is 35.5. The number of aromatic nitrogens is 2. The predicted octanol–water partition coefficient (Wildman–Crippen LogP) is 1.74. The van der Waals surface area contributed by atoms with Crippen LogP contribution in [0.25, 0.3) is 0 Å². The normalized spacial score (nSPS) is 17.9. The molecular formula is C16H17ClN4O5S. The van der Waals surface area contributed by atoms with Gasteiger partial charge in [-0.2, -0.15) is 9.29 Å². The number of anilines is 1. The molecule has 0 saturated carbocycles. The van der Waals surface area contributed by atoms with Crippen molar-refractivity contribution in [2.24, 2.45) is 0 Å². The van der Waals surface area contributed by atoms with Crippen LogP contribution in [0.2, 0.25) is 5.02 Å². The summed E-state index contributed by atoms with van der Waals surface area (Å²) in [6.07, 6.45) is 1.65. The average molecular weight is 413 g/mol. The Bertz CT molecular complexity index is 1000.